The van der Waals surface area contributed by atoms with Crippen LogP contribution in [0.3, 0.4) is 0 Å². The molecule has 1 aromatic carbocycles. The molecule has 0 fully saturated rings. The third-order valence-corrected chi connectivity index (χ3v) is 3.45. The molecule has 1 aromatic heterocycles. The van der Waals surface area contributed by atoms with Gasteiger partial charge in [-0.05, 0) is 38.3 Å². The molecule has 28 heavy (non-hydrogen) atoms. The molecule has 2 rings (SSSR count). The number of thiol groups is 1. The van der Waals surface area contributed by atoms with Gasteiger partial charge in [-0.2, -0.15) is 12.6 Å². The quantitative estimate of drug-likeness (QED) is 0.370. The summed E-state index contributed by atoms with van der Waals surface area (Å²) in [5.41, 5.74) is 1.37. The smallest absolute Gasteiger partial charge is 0.180 e. The molecule has 0 aliphatic rings. The summed E-state index contributed by atoms with van der Waals surface area (Å²) >= 11 is 3.53. The van der Waals surface area contributed by atoms with E-state index in [0.29, 0.717) is 29.9 Å². The number of nitrogens with one attached hydrogen (secondary N) is 2. The number of oxazole rings is 1. The summed E-state index contributed by atoms with van der Waals surface area (Å²) in [6.45, 7) is 13.3. The predicted octanol–water partition coefficient (Wildman–Crippen LogP) is 5.90. The number of rotatable bonds is 8. The molecule has 0 aliphatic carbocycles. The van der Waals surface area contributed by atoms with Crippen molar-refractivity contribution in [1.29, 1.82) is 0 Å². The van der Waals surface area contributed by atoms with Crippen LogP contribution in [0.1, 0.15) is 70.8 Å². The number of hydrogen-bond donors (Lipinski definition) is 3. The molecule has 0 spiro atoms. The van der Waals surface area contributed by atoms with Gasteiger partial charge in [0.1, 0.15) is 17.9 Å². The summed E-state index contributed by atoms with van der Waals surface area (Å²) in [6.07, 6.45) is 5.49. The van der Waals surface area contributed by atoms with Gasteiger partial charge >= 0.3 is 0 Å². The molecule has 0 saturated heterocycles. The molecule has 0 radical (unpaired) electrons. The summed E-state index contributed by atoms with van der Waals surface area (Å²) in [5.74, 6) is -0.801. The third kappa shape index (κ3) is 10.8. The Balaban J connectivity index is 0. The zero-order chi connectivity index (χ0) is 21.9. The summed E-state index contributed by atoms with van der Waals surface area (Å²) in [4.78, 5) is 3.97. The molecule has 0 bridgehead atoms. The standard InChI is InChI=1S/C16H21F2N3O.2C2H6.CH4S/c1-3-4-19-7-12-5-16(18)14(6-15(12)17)11(2)20-8-13-9-22-10-21-13;3*1-2/h5-6,9-11,19-20H,3-4,7-8H2,1-2H3;2*1-2H3;2H,1H3. The van der Waals surface area contributed by atoms with Crippen LogP contribution in [0.4, 0.5) is 8.78 Å². The highest BCUT2D eigenvalue weighted by atomic mass is 32.1. The first-order valence-electron chi connectivity index (χ1n) is 9.85. The Bertz CT molecular complexity index is 596. The average molecular weight is 418 g/mol. The van der Waals surface area contributed by atoms with Crippen molar-refractivity contribution in [2.24, 2.45) is 0 Å². The fourth-order valence-corrected chi connectivity index (χ4v) is 2.16. The van der Waals surface area contributed by atoms with Crippen molar-refractivity contribution in [2.45, 2.75) is 67.1 Å². The highest BCUT2D eigenvalue weighted by molar-refractivity contribution is 7.79. The normalized spacial score (nSPS) is 10.5. The van der Waals surface area contributed by atoms with Gasteiger partial charge in [0.15, 0.2) is 6.39 Å². The molecule has 7 heteroatoms. The summed E-state index contributed by atoms with van der Waals surface area (Å²) < 4.78 is 33.1. The van der Waals surface area contributed by atoms with E-state index >= 15 is 0 Å². The zero-order valence-corrected chi connectivity index (χ0v) is 19.2. The van der Waals surface area contributed by atoms with Crippen molar-refractivity contribution in [1.82, 2.24) is 15.6 Å². The fourth-order valence-electron chi connectivity index (χ4n) is 2.16. The van der Waals surface area contributed by atoms with Crippen LogP contribution in [0.5, 0.6) is 0 Å². The number of nitrogens with zero attached hydrogens (tertiary/aromatic N) is 1. The largest absolute Gasteiger partial charge is 0.451 e. The van der Waals surface area contributed by atoms with Crippen molar-refractivity contribution < 1.29 is 13.2 Å². The van der Waals surface area contributed by atoms with Crippen LogP contribution < -0.4 is 10.6 Å². The Kier molecular flexibility index (Phi) is 19.4. The van der Waals surface area contributed by atoms with Crippen molar-refractivity contribution in [3.8, 4) is 0 Å². The van der Waals surface area contributed by atoms with Gasteiger partial charge in [-0.25, -0.2) is 13.8 Å². The zero-order valence-electron chi connectivity index (χ0n) is 18.3. The van der Waals surface area contributed by atoms with Crippen LogP contribution in [0, 0.1) is 11.6 Å². The number of benzene rings is 1. The highest BCUT2D eigenvalue weighted by Gasteiger charge is 2.15. The van der Waals surface area contributed by atoms with Gasteiger partial charge < -0.3 is 15.1 Å². The molecule has 0 amide bonds. The van der Waals surface area contributed by atoms with Gasteiger partial charge in [-0.15, -0.1) is 0 Å². The van der Waals surface area contributed by atoms with E-state index in [9.17, 15) is 8.78 Å². The Morgan fingerprint density at radius 1 is 1.07 bits per heavy atom. The van der Waals surface area contributed by atoms with Crippen molar-refractivity contribution in [3.63, 3.8) is 0 Å². The minimum absolute atomic E-state index is 0.306. The lowest BCUT2D eigenvalue weighted by molar-refractivity contribution is 0.507. The van der Waals surface area contributed by atoms with E-state index in [1.54, 1.807) is 13.2 Å². The topological polar surface area (TPSA) is 50.1 Å². The van der Waals surface area contributed by atoms with E-state index < -0.39 is 11.6 Å². The average Bonchev–Trinajstić information content (AvgIpc) is 3.27. The van der Waals surface area contributed by atoms with Crippen molar-refractivity contribution in [3.05, 3.63) is 53.2 Å². The van der Waals surface area contributed by atoms with Crippen molar-refractivity contribution in [2.75, 3.05) is 12.8 Å². The lowest BCUT2D eigenvalue weighted by atomic mass is 10.0. The first-order valence-corrected chi connectivity index (χ1v) is 10.7. The molecular formula is C21H37F2N3OS. The van der Waals surface area contributed by atoms with Crippen LogP contribution in [0.15, 0.2) is 29.2 Å². The van der Waals surface area contributed by atoms with Crippen LogP contribution in [0.2, 0.25) is 0 Å². The second kappa shape index (κ2) is 18.9. The maximum atomic E-state index is 14.2. The molecule has 4 nitrogen and oxygen atoms in total. The first kappa shape index (κ1) is 28.8. The Morgan fingerprint density at radius 3 is 2.25 bits per heavy atom. The summed E-state index contributed by atoms with van der Waals surface area (Å²) in [5, 5.41) is 6.17. The van der Waals surface area contributed by atoms with Crippen LogP contribution in [-0.4, -0.2) is 17.8 Å². The van der Waals surface area contributed by atoms with E-state index in [1.807, 2.05) is 34.6 Å². The number of hydrogen-bond acceptors (Lipinski definition) is 5. The highest BCUT2D eigenvalue weighted by Crippen LogP contribution is 2.21. The van der Waals surface area contributed by atoms with Gasteiger partial charge in [0.05, 0.1) is 5.69 Å². The molecule has 0 saturated carbocycles. The van der Waals surface area contributed by atoms with E-state index in [2.05, 4.69) is 28.2 Å². The molecule has 0 aliphatic heterocycles. The minimum Gasteiger partial charge on any atom is -0.451 e. The minimum atomic E-state index is -0.408. The molecule has 1 heterocycles. The van der Waals surface area contributed by atoms with Gasteiger partial charge in [-0.3, -0.25) is 0 Å². The first-order chi connectivity index (χ1) is 13.6. The third-order valence-electron chi connectivity index (χ3n) is 3.45. The lowest BCUT2D eigenvalue weighted by Gasteiger charge is -2.16. The molecule has 1 atom stereocenters. The summed E-state index contributed by atoms with van der Waals surface area (Å²) in [7, 11) is 0. The van der Waals surface area contributed by atoms with Gasteiger partial charge in [-0.1, -0.05) is 34.6 Å². The Labute approximate surface area is 174 Å². The Hall–Kier alpha value is -1.44. The van der Waals surface area contributed by atoms with E-state index in [1.165, 1.54) is 24.8 Å². The van der Waals surface area contributed by atoms with Gasteiger partial charge in [0.2, 0.25) is 0 Å². The predicted molar refractivity (Wildman–Crippen MR) is 118 cm³/mol. The SMILES string of the molecule is CC.CC.CCCNCc1cc(F)c(C(C)NCc2cocn2)cc1F.CS. The maximum Gasteiger partial charge on any atom is 0.180 e. The molecular weight excluding hydrogens is 380 g/mol. The summed E-state index contributed by atoms with van der Waals surface area (Å²) in [6, 6.07) is 2.20. The van der Waals surface area contributed by atoms with Gasteiger partial charge in [0, 0.05) is 30.3 Å². The van der Waals surface area contributed by atoms with E-state index in [0.717, 1.165) is 13.0 Å². The molecule has 162 valence electrons. The maximum absolute atomic E-state index is 14.2. The van der Waals surface area contributed by atoms with E-state index in [4.69, 9.17) is 4.42 Å². The molecule has 1 unspecified atom stereocenters. The molecule has 2 aromatic rings. The number of halogens is 2. The monoisotopic (exact) mass is 417 g/mol. The molecule has 2 N–H and O–H groups in total. The van der Waals surface area contributed by atoms with Crippen LogP contribution in [-0.2, 0) is 13.1 Å². The van der Waals surface area contributed by atoms with Crippen LogP contribution in [0.25, 0.3) is 0 Å². The second-order valence-corrected chi connectivity index (χ2v) is 5.22. The van der Waals surface area contributed by atoms with Crippen molar-refractivity contribution >= 4 is 12.6 Å². The van der Waals surface area contributed by atoms with Gasteiger partial charge in [0.25, 0.3) is 0 Å². The second-order valence-electron chi connectivity index (χ2n) is 5.22. The lowest BCUT2D eigenvalue weighted by Crippen LogP contribution is -2.20. The van der Waals surface area contributed by atoms with E-state index in [-0.39, 0.29) is 6.04 Å². The Morgan fingerprint density at radius 2 is 1.71 bits per heavy atom. The number of aromatic nitrogens is 1. The van der Waals surface area contributed by atoms with Crippen LogP contribution >= 0.6 is 12.6 Å². The fraction of sp³-hybridized carbons (Fsp3) is 0.571.